The third-order valence-corrected chi connectivity index (χ3v) is 0.800. The molecule has 0 radical (unpaired) electrons. The van der Waals surface area contributed by atoms with Gasteiger partial charge in [0.1, 0.15) is 46.0 Å². The second kappa shape index (κ2) is 15.4. The molecule has 0 heterocycles. The Bertz CT molecular complexity index is 167. The van der Waals surface area contributed by atoms with Crippen molar-refractivity contribution >= 4 is 77.9 Å². The van der Waals surface area contributed by atoms with E-state index in [9.17, 15) is 0 Å². The van der Waals surface area contributed by atoms with Crippen LogP contribution in [0.4, 0.5) is 5.69 Å². The molecule has 66 valence electrons. The summed E-state index contributed by atoms with van der Waals surface area (Å²) in [5.74, 6) is 0. The Morgan fingerprint density at radius 3 is 1.58 bits per heavy atom. The standard InChI is InChI=1S/C6H7N.Bi.I2O.Zn.3H/c7-6-4-2-1-3-5-6;;1-3-2;;;;/h1-5H,7H2;;;;;;. The van der Waals surface area contributed by atoms with Crippen molar-refractivity contribution in [2.45, 2.75) is 0 Å². The molecule has 1 aromatic carbocycles. The molecular formula is C6H10BiI2NOZn. The summed E-state index contributed by atoms with van der Waals surface area (Å²) in [6.45, 7) is 0. The average molecular weight is 640 g/mol. The number of para-hydroxylation sites is 1. The fourth-order valence-electron chi connectivity index (χ4n) is 0.453. The number of nitrogen functional groups attached to an aromatic ring is 1. The van der Waals surface area contributed by atoms with Gasteiger partial charge in [0, 0.05) is 25.2 Å². The average Bonchev–Trinajstić information content (AvgIpc) is 1.91. The van der Waals surface area contributed by atoms with E-state index >= 15 is 0 Å². The summed E-state index contributed by atoms with van der Waals surface area (Å²) in [5.41, 5.74) is 6.18. The molecular weight excluding hydrogens is 630 g/mol. The fourth-order valence-corrected chi connectivity index (χ4v) is 0.453. The minimum absolute atomic E-state index is 0. The van der Waals surface area contributed by atoms with Gasteiger partial charge in [0.05, 0.1) is 0 Å². The van der Waals surface area contributed by atoms with Crippen molar-refractivity contribution in [1.29, 1.82) is 0 Å². The molecule has 0 amide bonds. The summed E-state index contributed by atoms with van der Waals surface area (Å²) >= 11 is 3.55. The van der Waals surface area contributed by atoms with E-state index in [2.05, 4.69) is 1.40 Å². The normalized spacial score (nSPS) is 6.50. The van der Waals surface area contributed by atoms with E-state index in [1.54, 1.807) is 46.0 Å². The fraction of sp³-hybridized carbons (Fsp3) is 0. The van der Waals surface area contributed by atoms with Crippen LogP contribution in [0.3, 0.4) is 0 Å². The van der Waals surface area contributed by atoms with Gasteiger partial charge in [-0.3, -0.25) is 0 Å². The number of nitrogens with two attached hydrogens (primary N) is 1. The molecule has 0 fully saturated rings. The Hall–Kier alpha value is 1.95. The van der Waals surface area contributed by atoms with Crippen LogP contribution in [0.2, 0.25) is 0 Å². The maximum absolute atomic E-state index is 5.36. The molecule has 0 bridgehead atoms. The van der Waals surface area contributed by atoms with E-state index in [0.717, 1.165) is 5.69 Å². The summed E-state index contributed by atoms with van der Waals surface area (Å²) in [6, 6.07) is 9.49. The van der Waals surface area contributed by atoms with Crippen molar-refractivity contribution in [3.05, 3.63) is 30.3 Å². The van der Waals surface area contributed by atoms with Gasteiger partial charge in [0.15, 0.2) is 0 Å². The molecule has 6 heteroatoms. The molecule has 0 saturated heterocycles. The smallest absolute Gasteiger partial charge is 0 e. The van der Waals surface area contributed by atoms with Gasteiger partial charge in [-0.1, -0.05) is 18.2 Å². The minimum atomic E-state index is 0. The van der Waals surface area contributed by atoms with Gasteiger partial charge < -0.3 is 5.73 Å². The monoisotopic (exact) mass is 639 g/mol. The van der Waals surface area contributed by atoms with Crippen LogP contribution in [-0.4, -0.2) is 26.2 Å². The van der Waals surface area contributed by atoms with Gasteiger partial charge in [-0.25, -0.2) is 1.40 Å². The SMILES string of the molecule is IOI.Nc1ccccc1.[BiH3].[Zn]. The second-order valence-corrected chi connectivity index (χ2v) is 4.04. The van der Waals surface area contributed by atoms with Crippen LogP contribution >= 0.6 is 46.0 Å². The predicted octanol–water partition coefficient (Wildman–Crippen LogP) is 1.79. The van der Waals surface area contributed by atoms with Crippen molar-refractivity contribution in [3.8, 4) is 0 Å². The van der Waals surface area contributed by atoms with Gasteiger partial charge in [-0.15, -0.1) is 0 Å². The molecule has 12 heavy (non-hydrogen) atoms. The Kier molecular flexibility index (Phi) is 25.1. The molecule has 0 atom stereocenters. The molecule has 0 unspecified atom stereocenters. The molecule has 1 rings (SSSR count). The molecule has 0 spiro atoms. The zero-order chi connectivity index (χ0) is 7.82. The number of anilines is 1. The van der Waals surface area contributed by atoms with E-state index < -0.39 is 0 Å². The Balaban J connectivity index is -0.000000146. The summed E-state index contributed by atoms with van der Waals surface area (Å²) < 4.78 is 4.19. The zero-order valence-electron chi connectivity index (χ0n) is 6.54. The number of hydrogen-bond acceptors (Lipinski definition) is 2. The van der Waals surface area contributed by atoms with Crippen molar-refractivity contribution < 1.29 is 20.9 Å². The topological polar surface area (TPSA) is 35.2 Å². The van der Waals surface area contributed by atoms with Crippen LogP contribution in [0.5, 0.6) is 0 Å². The van der Waals surface area contributed by atoms with Gasteiger partial charge in [0.25, 0.3) is 0 Å². The third kappa shape index (κ3) is 14.5. The minimum Gasteiger partial charge on any atom is 0 e. The first-order valence-corrected chi connectivity index (χ1v) is 4.27. The van der Waals surface area contributed by atoms with Gasteiger partial charge in [0.2, 0.25) is 0 Å². The van der Waals surface area contributed by atoms with Crippen LogP contribution in [0.25, 0.3) is 0 Å². The summed E-state index contributed by atoms with van der Waals surface area (Å²) in [5, 5.41) is 0. The van der Waals surface area contributed by atoms with E-state index in [1.165, 1.54) is 0 Å². The number of benzene rings is 1. The van der Waals surface area contributed by atoms with Crippen molar-refractivity contribution in [2.24, 2.45) is 0 Å². The quantitative estimate of drug-likeness (QED) is 0.267. The largest absolute Gasteiger partial charge is 0 e. The van der Waals surface area contributed by atoms with E-state index in [4.69, 9.17) is 5.73 Å². The molecule has 0 aliphatic carbocycles. The molecule has 0 aliphatic heterocycles. The second-order valence-electron chi connectivity index (χ2n) is 1.47. The van der Waals surface area contributed by atoms with E-state index in [-0.39, 0.29) is 45.7 Å². The van der Waals surface area contributed by atoms with Crippen LogP contribution in [0, 0.1) is 0 Å². The first-order valence-electron chi connectivity index (χ1n) is 2.51. The summed E-state index contributed by atoms with van der Waals surface area (Å²) in [4.78, 5) is 0. The van der Waals surface area contributed by atoms with E-state index in [1.807, 2.05) is 30.3 Å². The first-order chi connectivity index (χ1) is 4.81. The van der Waals surface area contributed by atoms with Crippen molar-refractivity contribution in [3.63, 3.8) is 0 Å². The van der Waals surface area contributed by atoms with Gasteiger partial charge >= 0.3 is 26.2 Å². The van der Waals surface area contributed by atoms with Crippen molar-refractivity contribution in [2.75, 3.05) is 5.73 Å². The molecule has 0 saturated carbocycles. The van der Waals surface area contributed by atoms with Crippen molar-refractivity contribution in [1.82, 2.24) is 0 Å². The molecule has 1 aromatic rings. The molecule has 2 nitrogen and oxygen atoms in total. The molecule has 0 aromatic heterocycles. The van der Waals surface area contributed by atoms with Gasteiger partial charge in [-0.05, 0) is 12.1 Å². The third-order valence-electron chi connectivity index (χ3n) is 0.800. The zero-order valence-corrected chi connectivity index (χ0v) is 19.3. The summed E-state index contributed by atoms with van der Waals surface area (Å²) in [6.07, 6.45) is 0. The number of rotatable bonds is 0. The van der Waals surface area contributed by atoms with Crippen LogP contribution < -0.4 is 5.73 Å². The van der Waals surface area contributed by atoms with Gasteiger partial charge in [-0.2, -0.15) is 0 Å². The molecule has 2 N–H and O–H groups in total. The summed E-state index contributed by atoms with van der Waals surface area (Å²) in [7, 11) is 0. The van der Waals surface area contributed by atoms with E-state index in [0.29, 0.717) is 0 Å². The van der Waals surface area contributed by atoms with Crippen LogP contribution in [0.1, 0.15) is 0 Å². The Morgan fingerprint density at radius 1 is 1.08 bits per heavy atom. The maximum atomic E-state index is 5.36. The number of halogens is 2. The Labute approximate surface area is 133 Å². The maximum Gasteiger partial charge on any atom is 0 e. The first kappa shape index (κ1) is 19.5. The Morgan fingerprint density at radius 2 is 1.42 bits per heavy atom. The molecule has 0 aliphatic rings. The predicted molar refractivity (Wildman–Crippen MR) is 69.9 cm³/mol. The van der Waals surface area contributed by atoms with Crippen LogP contribution in [-0.2, 0) is 20.9 Å². The van der Waals surface area contributed by atoms with Crippen LogP contribution in [0.15, 0.2) is 30.3 Å². The number of hydrogen-bond donors (Lipinski definition) is 1.